The van der Waals surface area contributed by atoms with E-state index in [1.807, 2.05) is 13.0 Å². The first-order valence-electron chi connectivity index (χ1n) is 9.04. The number of nitrogens with zero attached hydrogens (tertiary/aromatic N) is 5. The quantitative estimate of drug-likeness (QED) is 0.779. The van der Waals surface area contributed by atoms with Gasteiger partial charge in [-0.05, 0) is 19.8 Å². The molecule has 140 valence electrons. The second kappa shape index (κ2) is 5.86. The van der Waals surface area contributed by atoms with Gasteiger partial charge >= 0.3 is 0 Å². The second-order valence-corrected chi connectivity index (χ2v) is 9.57. The van der Waals surface area contributed by atoms with Crippen molar-refractivity contribution in [2.45, 2.75) is 31.1 Å². The summed E-state index contributed by atoms with van der Waals surface area (Å²) < 4.78 is 34.7. The van der Waals surface area contributed by atoms with E-state index in [-0.39, 0.29) is 17.3 Å². The number of anilines is 1. The Bertz CT molecular complexity index is 941. The van der Waals surface area contributed by atoms with Crippen molar-refractivity contribution in [3.63, 3.8) is 0 Å². The monoisotopic (exact) mass is 378 g/mol. The lowest BCUT2D eigenvalue weighted by atomic mass is 9.93. The molecule has 0 radical (unpaired) electrons. The van der Waals surface area contributed by atoms with Crippen molar-refractivity contribution < 1.29 is 13.2 Å². The van der Waals surface area contributed by atoms with E-state index >= 15 is 0 Å². The average Bonchev–Trinajstić information content (AvgIpc) is 3.06. The molecule has 0 spiro atoms. The molecule has 3 atom stereocenters. The van der Waals surface area contributed by atoms with E-state index in [9.17, 15) is 8.42 Å². The number of hydrogen-bond donors (Lipinski definition) is 1. The van der Waals surface area contributed by atoms with Gasteiger partial charge in [0.2, 0.25) is 10.0 Å². The predicted molar refractivity (Wildman–Crippen MR) is 94.4 cm³/mol. The minimum absolute atomic E-state index is 0.123. The van der Waals surface area contributed by atoms with Crippen LogP contribution in [0.25, 0.3) is 5.78 Å². The Hall–Kier alpha value is -1.78. The first kappa shape index (κ1) is 16.4. The van der Waals surface area contributed by atoms with E-state index in [0.717, 1.165) is 37.4 Å². The molecule has 4 heterocycles. The van der Waals surface area contributed by atoms with Gasteiger partial charge in [-0.3, -0.25) is 0 Å². The molecule has 10 heteroatoms. The number of rotatable bonds is 5. The van der Waals surface area contributed by atoms with Crippen LogP contribution in [0.1, 0.15) is 18.5 Å². The van der Waals surface area contributed by atoms with Crippen LogP contribution < -0.4 is 9.62 Å². The molecular formula is C16H22N6O3S. The third-order valence-corrected chi connectivity index (χ3v) is 7.55. The summed E-state index contributed by atoms with van der Waals surface area (Å²) in [6.45, 7) is 4.61. The van der Waals surface area contributed by atoms with E-state index in [4.69, 9.17) is 4.74 Å². The maximum Gasteiger partial charge on any atom is 0.254 e. The molecule has 9 nitrogen and oxygen atoms in total. The van der Waals surface area contributed by atoms with Crippen LogP contribution in [0, 0.1) is 18.8 Å². The summed E-state index contributed by atoms with van der Waals surface area (Å²) in [5.41, 5.74) is 0.896. The van der Waals surface area contributed by atoms with Gasteiger partial charge in [0.25, 0.3) is 5.78 Å². The van der Waals surface area contributed by atoms with Crippen molar-refractivity contribution in [2.24, 2.45) is 11.8 Å². The molecule has 2 saturated heterocycles. The van der Waals surface area contributed by atoms with Crippen molar-refractivity contribution in [3.8, 4) is 0 Å². The number of sulfonamides is 1. The molecule has 0 bridgehead atoms. The average molecular weight is 378 g/mol. The highest BCUT2D eigenvalue weighted by Gasteiger charge is 2.45. The number of nitrogens with one attached hydrogen (secondary N) is 1. The van der Waals surface area contributed by atoms with Crippen LogP contribution in [0.3, 0.4) is 0 Å². The van der Waals surface area contributed by atoms with Crippen molar-refractivity contribution >= 4 is 21.6 Å². The largest absolute Gasteiger partial charge is 0.376 e. The first-order valence-corrected chi connectivity index (χ1v) is 10.6. The highest BCUT2D eigenvalue weighted by atomic mass is 32.2. The normalized spacial score (nSPS) is 28.8. The van der Waals surface area contributed by atoms with Gasteiger partial charge < -0.3 is 9.64 Å². The van der Waals surface area contributed by atoms with Crippen molar-refractivity contribution in [2.75, 3.05) is 31.1 Å². The van der Waals surface area contributed by atoms with Gasteiger partial charge in [0.15, 0.2) is 0 Å². The maximum absolute atomic E-state index is 12.1. The molecular weight excluding hydrogens is 356 g/mol. The van der Waals surface area contributed by atoms with Gasteiger partial charge in [-0.15, -0.1) is 0 Å². The Morgan fingerprint density at radius 3 is 3.00 bits per heavy atom. The molecule has 5 rings (SSSR count). The highest BCUT2D eigenvalue weighted by molar-refractivity contribution is 7.90. The Kier molecular flexibility index (Phi) is 3.70. The van der Waals surface area contributed by atoms with Gasteiger partial charge in [-0.2, -0.15) is 14.6 Å². The fourth-order valence-corrected chi connectivity index (χ4v) is 5.49. The summed E-state index contributed by atoms with van der Waals surface area (Å²) in [5, 5.41) is 4.10. The van der Waals surface area contributed by atoms with Gasteiger partial charge in [-0.1, -0.05) is 0 Å². The van der Waals surface area contributed by atoms with E-state index < -0.39 is 10.0 Å². The third kappa shape index (κ3) is 2.76. The zero-order chi connectivity index (χ0) is 17.9. The maximum atomic E-state index is 12.1. The Morgan fingerprint density at radius 2 is 2.19 bits per heavy atom. The second-order valence-electron chi connectivity index (χ2n) is 7.52. The molecule has 0 amide bonds. The molecule has 2 aromatic rings. The zero-order valence-electron chi connectivity index (χ0n) is 14.6. The molecule has 1 aliphatic carbocycles. The Balaban J connectivity index is 1.32. The van der Waals surface area contributed by atoms with Crippen LogP contribution in [0.4, 0.5) is 5.82 Å². The molecule has 1 saturated carbocycles. The third-order valence-electron chi connectivity index (χ3n) is 5.63. The summed E-state index contributed by atoms with van der Waals surface area (Å²) >= 11 is 0. The molecule has 3 aliphatic rings. The predicted octanol–water partition coefficient (Wildman–Crippen LogP) is -0.0343. The van der Waals surface area contributed by atoms with Crippen molar-refractivity contribution in [1.82, 2.24) is 24.3 Å². The van der Waals surface area contributed by atoms with Crippen LogP contribution in [0.2, 0.25) is 0 Å². The van der Waals surface area contributed by atoms with E-state index in [2.05, 4.69) is 24.7 Å². The lowest BCUT2D eigenvalue weighted by molar-refractivity contribution is 0.111. The van der Waals surface area contributed by atoms with Gasteiger partial charge in [0.1, 0.15) is 12.1 Å². The molecule has 0 unspecified atom stereocenters. The fraction of sp³-hybridized carbons (Fsp3) is 0.688. The topological polar surface area (TPSA) is 102 Å². The standard InChI is InChI=1S/C16H22N6O3S/c1-10-4-15(22-16(20-10)17-9-18-22)21-6-13-11(8-25-14(13)7-21)5-19-26(23,24)12-2-3-12/h4,9,11-14,19H,2-3,5-8H2,1H3/t11-,13+,14+/m0/s1. The number of aryl methyl sites for hydroxylation is 1. The SMILES string of the molecule is Cc1cc(N2C[C@@H]3[C@@H](CNS(=O)(=O)C4CC4)CO[C@@H]3C2)n2ncnc2n1. The Labute approximate surface area is 151 Å². The lowest BCUT2D eigenvalue weighted by Crippen LogP contribution is -2.36. The summed E-state index contributed by atoms with van der Waals surface area (Å²) in [6, 6.07) is 2.01. The Morgan fingerprint density at radius 1 is 1.35 bits per heavy atom. The first-order chi connectivity index (χ1) is 12.5. The van der Waals surface area contributed by atoms with Crippen LogP contribution >= 0.6 is 0 Å². The molecule has 3 fully saturated rings. The number of hydrogen-bond acceptors (Lipinski definition) is 7. The minimum Gasteiger partial charge on any atom is -0.376 e. The summed E-state index contributed by atoms with van der Waals surface area (Å²) in [6.07, 6.45) is 3.20. The summed E-state index contributed by atoms with van der Waals surface area (Å²) in [4.78, 5) is 10.8. The highest BCUT2D eigenvalue weighted by Crippen LogP contribution is 2.36. The van der Waals surface area contributed by atoms with Crippen molar-refractivity contribution in [3.05, 3.63) is 18.1 Å². The van der Waals surface area contributed by atoms with E-state index in [0.29, 0.717) is 24.8 Å². The van der Waals surface area contributed by atoms with Crippen LogP contribution in [-0.4, -0.2) is 65.6 Å². The fourth-order valence-electron chi connectivity index (χ4n) is 4.05. The smallest absolute Gasteiger partial charge is 0.254 e. The van der Waals surface area contributed by atoms with Crippen LogP contribution in [0.5, 0.6) is 0 Å². The van der Waals surface area contributed by atoms with E-state index in [1.165, 1.54) is 6.33 Å². The minimum atomic E-state index is -3.15. The zero-order valence-corrected chi connectivity index (χ0v) is 15.4. The molecule has 26 heavy (non-hydrogen) atoms. The number of fused-ring (bicyclic) bond motifs is 2. The lowest BCUT2D eigenvalue weighted by Gasteiger charge is -2.22. The van der Waals surface area contributed by atoms with Crippen LogP contribution in [0.15, 0.2) is 12.4 Å². The number of ether oxygens (including phenoxy) is 1. The van der Waals surface area contributed by atoms with Gasteiger partial charge in [0, 0.05) is 43.2 Å². The van der Waals surface area contributed by atoms with E-state index in [1.54, 1.807) is 4.52 Å². The number of aromatic nitrogens is 4. The van der Waals surface area contributed by atoms with Gasteiger partial charge in [-0.25, -0.2) is 18.1 Å². The molecule has 0 aromatic carbocycles. The molecule has 2 aliphatic heterocycles. The van der Waals surface area contributed by atoms with Gasteiger partial charge in [0.05, 0.1) is 18.0 Å². The summed E-state index contributed by atoms with van der Waals surface area (Å²) in [5.74, 6) is 2.06. The molecule has 1 N–H and O–H groups in total. The van der Waals surface area contributed by atoms with Crippen molar-refractivity contribution in [1.29, 1.82) is 0 Å². The molecule has 2 aromatic heterocycles. The van der Waals surface area contributed by atoms with Crippen LogP contribution in [-0.2, 0) is 14.8 Å². The summed E-state index contributed by atoms with van der Waals surface area (Å²) in [7, 11) is -3.15.